The van der Waals surface area contributed by atoms with Crippen LogP contribution >= 0.6 is 0 Å². The molecule has 2 aromatic rings. The maximum atomic E-state index is 12.7. The lowest BCUT2D eigenvalue weighted by molar-refractivity contribution is 0.0768. The van der Waals surface area contributed by atoms with Gasteiger partial charge in [-0.1, -0.05) is 6.07 Å². The Hall–Kier alpha value is -2.56. The van der Waals surface area contributed by atoms with Crippen LogP contribution in [0.4, 0.5) is 0 Å². The summed E-state index contributed by atoms with van der Waals surface area (Å²) in [4.78, 5) is 18.8. The Morgan fingerprint density at radius 3 is 2.43 bits per heavy atom. The highest BCUT2D eigenvalue weighted by Crippen LogP contribution is 2.34. The van der Waals surface area contributed by atoms with E-state index in [9.17, 15) is 4.79 Å². The van der Waals surface area contributed by atoms with Crippen molar-refractivity contribution in [3.63, 3.8) is 0 Å². The first-order valence-corrected chi connectivity index (χ1v) is 7.62. The number of rotatable bonds is 6. The predicted molar refractivity (Wildman–Crippen MR) is 90.0 cm³/mol. The monoisotopic (exact) mass is 314 g/mol. The quantitative estimate of drug-likeness (QED) is 0.821. The minimum atomic E-state index is -0.0801. The lowest BCUT2D eigenvalue weighted by atomic mass is 10.0. The topological polar surface area (TPSA) is 51.7 Å². The number of nitrogens with zero attached hydrogens (tertiary/aromatic N) is 2. The molecule has 1 aromatic carbocycles. The van der Waals surface area contributed by atoms with Crippen LogP contribution < -0.4 is 9.47 Å². The number of ether oxygens (including phenoxy) is 2. The third-order valence-electron chi connectivity index (χ3n) is 3.76. The summed E-state index contributed by atoms with van der Waals surface area (Å²) in [6, 6.07) is 9.23. The van der Waals surface area contributed by atoms with Gasteiger partial charge in [0.25, 0.3) is 5.91 Å². The Bertz CT molecular complexity index is 682. The molecule has 0 radical (unpaired) electrons. The highest BCUT2D eigenvalue weighted by Gasteiger charge is 2.20. The molecule has 1 heterocycles. The van der Waals surface area contributed by atoms with Crippen LogP contribution in [-0.2, 0) is 0 Å². The molecule has 0 atom stereocenters. The van der Waals surface area contributed by atoms with Gasteiger partial charge in [0.05, 0.1) is 14.2 Å². The van der Waals surface area contributed by atoms with E-state index in [1.54, 1.807) is 31.4 Å². The van der Waals surface area contributed by atoms with Gasteiger partial charge >= 0.3 is 0 Å². The first kappa shape index (κ1) is 16.8. The summed E-state index contributed by atoms with van der Waals surface area (Å²) < 4.78 is 10.7. The molecule has 122 valence electrons. The molecule has 5 heteroatoms. The van der Waals surface area contributed by atoms with E-state index in [0.717, 1.165) is 11.1 Å². The van der Waals surface area contributed by atoms with Crippen molar-refractivity contribution in [2.24, 2.45) is 0 Å². The molecule has 1 amide bonds. The van der Waals surface area contributed by atoms with Crippen LogP contribution in [0.15, 0.2) is 36.5 Å². The first-order valence-electron chi connectivity index (χ1n) is 7.62. The van der Waals surface area contributed by atoms with Gasteiger partial charge in [-0.3, -0.25) is 9.78 Å². The minimum Gasteiger partial charge on any atom is -0.497 e. The van der Waals surface area contributed by atoms with Crippen LogP contribution in [-0.4, -0.2) is 43.1 Å². The summed E-state index contributed by atoms with van der Waals surface area (Å²) in [6.45, 7) is 5.20. The fourth-order valence-corrected chi connectivity index (χ4v) is 2.47. The molecule has 0 saturated heterocycles. The lowest BCUT2D eigenvalue weighted by Gasteiger charge is -2.20. The van der Waals surface area contributed by atoms with Crippen LogP contribution in [0.2, 0.25) is 0 Å². The normalized spacial score (nSPS) is 10.3. The van der Waals surface area contributed by atoms with E-state index in [2.05, 4.69) is 4.98 Å². The van der Waals surface area contributed by atoms with Gasteiger partial charge < -0.3 is 14.4 Å². The second-order valence-corrected chi connectivity index (χ2v) is 4.94. The number of methoxy groups -OCH3 is 2. The second-order valence-electron chi connectivity index (χ2n) is 4.94. The summed E-state index contributed by atoms with van der Waals surface area (Å²) in [5.74, 6) is 1.26. The van der Waals surface area contributed by atoms with Crippen molar-refractivity contribution < 1.29 is 14.3 Å². The molecule has 0 N–H and O–H groups in total. The smallest absolute Gasteiger partial charge is 0.273 e. The van der Waals surface area contributed by atoms with E-state index in [1.807, 2.05) is 38.1 Å². The van der Waals surface area contributed by atoms with Gasteiger partial charge in [0, 0.05) is 36.5 Å². The zero-order chi connectivity index (χ0) is 16.8. The van der Waals surface area contributed by atoms with Gasteiger partial charge in [0.15, 0.2) is 0 Å². The lowest BCUT2D eigenvalue weighted by Crippen LogP contribution is -2.31. The summed E-state index contributed by atoms with van der Waals surface area (Å²) in [5.41, 5.74) is 2.00. The van der Waals surface area contributed by atoms with Gasteiger partial charge in [-0.25, -0.2) is 0 Å². The largest absolute Gasteiger partial charge is 0.497 e. The zero-order valence-electron chi connectivity index (χ0n) is 14.0. The number of hydrogen-bond acceptors (Lipinski definition) is 4. The second kappa shape index (κ2) is 7.63. The average molecular weight is 314 g/mol. The van der Waals surface area contributed by atoms with E-state index in [0.29, 0.717) is 30.3 Å². The maximum absolute atomic E-state index is 12.7. The molecule has 1 aromatic heterocycles. The molecular weight excluding hydrogens is 292 g/mol. The molecule has 0 fully saturated rings. The number of pyridine rings is 1. The Kier molecular flexibility index (Phi) is 5.57. The fourth-order valence-electron chi connectivity index (χ4n) is 2.47. The number of hydrogen-bond donors (Lipinski definition) is 0. The summed E-state index contributed by atoms with van der Waals surface area (Å²) >= 11 is 0. The van der Waals surface area contributed by atoms with Crippen LogP contribution in [0, 0.1) is 0 Å². The SMILES string of the molecule is CCN(CC)C(=O)c1ncccc1-c1ccc(OC)cc1OC. The molecule has 2 rings (SSSR count). The molecule has 0 aliphatic carbocycles. The van der Waals surface area contributed by atoms with Crippen molar-refractivity contribution in [1.82, 2.24) is 9.88 Å². The van der Waals surface area contributed by atoms with E-state index in [4.69, 9.17) is 9.47 Å². The standard InChI is InChI=1S/C18H22N2O3/c1-5-20(6-2)18(21)17-15(8-7-11-19-17)14-10-9-13(22-3)12-16(14)23-4/h7-12H,5-6H2,1-4H3. The van der Waals surface area contributed by atoms with E-state index in [-0.39, 0.29) is 5.91 Å². The highest BCUT2D eigenvalue weighted by atomic mass is 16.5. The molecule has 0 aliphatic heterocycles. The van der Waals surface area contributed by atoms with Crippen LogP contribution in [0.25, 0.3) is 11.1 Å². The van der Waals surface area contributed by atoms with Crippen molar-refractivity contribution >= 4 is 5.91 Å². The third kappa shape index (κ3) is 3.44. The predicted octanol–water partition coefficient (Wildman–Crippen LogP) is 3.25. The Balaban J connectivity index is 2.55. The first-order chi connectivity index (χ1) is 11.2. The van der Waals surface area contributed by atoms with E-state index in [1.165, 1.54) is 0 Å². The Morgan fingerprint density at radius 1 is 1.09 bits per heavy atom. The Labute approximate surface area is 136 Å². The van der Waals surface area contributed by atoms with Gasteiger partial charge in [0.2, 0.25) is 0 Å². The van der Waals surface area contributed by atoms with Gasteiger partial charge in [-0.05, 0) is 32.0 Å². The number of benzene rings is 1. The highest BCUT2D eigenvalue weighted by molar-refractivity contribution is 5.99. The van der Waals surface area contributed by atoms with Crippen molar-refractivity contribution in [3.8, 4) is 22.6 Å². The number of carbonyl (C=O) groups is 1. The molecule has 5 nitrogen and oxygen atoms in total. The van der Waals surface area contributed by atoms with Crippen LogP contribution in [0.5, 0.6) is 11.5 Å². The molecule has 0 aliphatic rings. The minimum absolute atomic E-state index is 0.0801. The van der Waals surface area contributed by atoms with Crippen molar-refractivity contribution in [2.75, 3.05) is 27.3 Å². The van der Waals surface area contributed by atoms with Gasteiger partial charge in [0.1, 0.15) is 17.2 Å². The number of aromatic nitrogens is 1. The van der Waals surface area contributed by atoms with Gasteiger partial charge in [-0.2, -0.15) is 0 Å². The Morgan fingerprint density at radius 2 is 1.83 bits per heavy atom. The molecule has 0 spiro atoms. The number of amides is 1. The van der Waals surface area contributed by atoms with Crippen LogP contribution in [0.1, 0.15) is 24.3 Å². The van der Waals surface area contributed by atoms with Gasteiger partial charge in [-0.15, -0.1) is 0 Å². The van der Waals surface area contributed by atoms with E-state index >= 15 is 0 Å². The number of carbonyl (C=O) groups excluding carboxylic acids is 1. The zero-order valence-corrected chi connectivity index (χ0v) is 14.0. The molecule has 0 bridgehead atoms. The average Bonchev–Trinajstić information content (AvgIpc) is 2.62. The van der Waals surface area contributed by atoms with Crippen molar-refractivity contribution in [1.29, 1.82) is 0 Å². The van der Waals surface area contributed by atoms with Crippen LogP contribution in [0.3, 0.4) is 0 Å². The summed E-state index contributed by atoms with van der Waals surface area (Å²) in [5, 5.41) is 0. The fraction of sp³-hybridized carbons (Fsp3) is 0.333. The van der Waals surface area contributed by atoms with Crippen molar-refractivity contribution in [2.45, 2.75) is 13.8 Å². The van der Waals surface area contributed by atoms with E-state index < -0.39 is 0 Å². The molecule has 23 heavy (non-hydrogen) atoms. The maximum Gasteiger partial charge on any atom is 0.273 e. The molecule has 0 saturated carbocycles. The van der Waals surface area contributed by atoms with Crippen molar-refractivity contribution in [3.05, 3.63) is 42.2 Å². The third-order valence-corrected chi connectivity index (χ3v) is 3.76. The molecular formula is C18H22N2O3. The summed E-state index contributed by atoms with van der Waals surface area (Å²) in [7, 11) is 3.20. The molecule has 0 unspecified atom stereocenters. The summed E-state index contributed by atoms with van der Waals surface area (Å²) in [6.07, 6.45) is 1.64.